The Labute approximate surface area is 173 Å². The van der Waals surface area contributed by atoms with E-state index in [1.54, 1.807) is 25.1 Å². The minimum Gasteiger partial charge on any atom is -0.486 e. The van der Waals surface area contributed by atoms with Crippen LogP contribution in [0.4, 0.5) is 17.6 Å². The minimum absolute atomic E-state index is 0.209. The van der Waals surface area contributed by atoms with Gasteiger partial charge in [-0.1, -0.05) is 17.3 Å². The first kappa shape index (κ1) is 20.6. The maximum Gasteiger partial charge on any atom is 0.435 e. The highest BCUT2D eigenvalue weighted by Crippen LogP contribution is 2.34. The number of carbonyl (C=O) groups excluding carboxylic acids is 1. The van der Waals surface area contributed by atoms with E-state index in [4.69, 9.17) is 9.47 Å². The first-order valence-corrected chi connectivity index (χ1v) is 9.23. The van der Waals surface area contributed by atoms with Gasteiger partial charge in [-0.2, -0.15) is 13.2 Å². The van der Waals surface area contributed by atoms with E-state index in [2.05, 4.69) is 15.6 Å². The lowest BCUT2D eigenvalue weighted by Gasteiger charge is -2.21. The molecular formula is C20H16F4N4O3. The molecule has 31 heavy (non-hydrogen) atoms. The summed E-state index contributed by atoms with van der Waals surface area (Å²) in [6.45, 7) is 2.39. The Kier molecular flexibility index (Phi) is 5.25. The second kappa shape index (κ2) is 7.89. The van der Waals surface area contributed by atoms with Crippen LogP contribution in [0.5, 0.6) is 11.5 Å². The van der Waals surface area contributed by atoms with Gasteiger partial charge in [0.15, 0.2) is 22.9 Å². The molecule has 0 fully saturated rings. The lowest BCUT2D eigenvalue weighted by atomic mass is 10.1. The highest BCUT2D eigenvalue weighted by atomic mass is 19.4. The van der Waals surface area contributed by atoms with Crippen LogP contribution in [0.15, 0.2) is 42.5 Å². The van der Waals surface area contributed by atoms with Crippen molar-refractivity contribution in [1.29, 1.82) is 0 Å². The molecule has 1 amide bonds. The minimum atomic E-state index is -4.96. The fraction of sp³-hybridized carbons (Fsp3) is 0.250. The molecule has 1 aliphatic heterocycles. The molecule has 1 atom stereocenters. The Morgan fingerprint density at radius 3 is 2.58 bits per heavy atom. The summed E-state index contributed by atoms with van der Waals surface area (Å²) in [5.41, 5.74) is -1.92. The average Bonchev–Trinajstić information content (AvgIpc) is 3.19. The van der Waals surface area contributed by atoms with Crippen LogP contribution >= 0.6 is 0 Å². The number of amides is 1. The van der Waals surface area contributed by atoms with Crippen molar-refractivity contribution in [2.24, 2.45) is 0 Å². The molecule has 3 aromatic rings. The second-order valence-corrected chi connectivity index (χ2v) is 6.77. The van der Waals surface area contributed by atoms with Crippen molar-refractivity contribution in [3.63, 3.8) is 0 Å². The summed E-state index contributed by atoms with van der Waals surface area (Å²) in [5.74, 6) is -0.791. The third-order valence-corrected chi connectivity index (χ3v) is 4.62. The molecule has 0 saturated carbocycles. The highest BCUT2D eigenvalue weighted by Gasteiger charge is 2.42. The number of ether oxygens (including phenoxy) is 2. The summed E-state index contributed by atoms with van der Waals surface area (Å²) in [5, 5.41) is 9.34. The van der Waals surface area contributed by atoms with Crippen molar-refractivity contribution in [3.05, 3.63) is 65.2 Å². The van der Waals surface area contributed by atoms with E-state index < -0.39 is 35.3 Å². The fourth-order valence-electron chi connectivity index (χ4n) is 3.16. The molecule has 0 radical (unpaired) electrons. The van der Waals surface area contributed by atoms with Crippen molar-refractivity contribution >= 4 is 5.91 Å². The molecule has 1 aliphatic rings. The molecule has 1 aromatic heterocycles. The van der Waals surface area contributed by atoms with E-state index in [0.29, 0.717) is 35.0 Å². The predicted molar refractivity (Wildman–Crippen MR) is 99.6 cm³/mol. The van der Waals surface area contributed by atoms with Crippen LogP contribution in [0.1, 0.15) is 34.7 Å². The van der Waals surface area contributed by atoms with Gasteiger partial charge in [0.25, 0.3) is 5.91 Å². The third-order valence-electron chi connectivity index (χ3n) is 4.62. The molecule has 162 valence electrons. The Bertz CT molecular complexity index is 1130. The molecule has 11 heteroatoms. The Morgan fingerprint density at radius 1 is 1.13 bits per heavy atom. The first-order valence-electron chi connectivity index (χ1n) is 9.23. The zero-order valence-electron chi connectivity index (χ0n) is 16.1. The number of fused-ring (bicyclic) bond motifs is 1. The van der Waals surface area contributed by atoms with Crippen molar-refractivity contribution in [2.45, 2.75) is 19.1 Å². The monoisotopic (exact) mass is 436 g/mol. The Morgan fingerprint density at radius 2 is 1.87 bits per heavy atom. The summed E-state index contributed by atoms with van der Waals surface area (Å²) >= 11 is 0. The van der Waals surface area contributed by atoms with Gasteiger partial charge in [-0.05, 0) is 42.8 Å². The van der Waals surface area contributed by atoms with E-state index in [1.165, 1.54) is 12.1 Å². The van der Waals surface area contributed by atoms with Gasteiger partial charge in [-0.25, -0.2) is 9.07 Å². The van der Waals surface area contributed by atoms with Gasteiger partial charge >= 0.3 is 6.18 Å². The van der Waals surface area contributed by atoms with E-state index in [-0.39, 0.29) is 5.69 Å². The molecule has 0 spiro atoms. The van der Waals surface area contributed by atoms with Crippen LogP contribution < -0.4 is 14.8 Å². The number of hydrogen-bond acceptors (Lipinski definition) is 5. The lowest BCUT2D eigenvalue weighted by Crippen LogP contribution is -2.29. The maximum atomic E-state index is 13.7. The zero-order valence-corrected chi connectivity index (χ0v) is 16.1. The third kappa shape index (κ3) is 4.16. The summed E-state index contributed by atoms with van der Waals surface area (Å²) in [4.78, 5) is 12.6. The number of halogens is 4. The SMILES string of the molecule is CC(NC(=O)c1nnn(-c2cccc(F)c2)c1C(F)(F)F)c1ccc2c(c1)OCCO2. The maximum absolute atomic E-state index is 13.7. The largest absolute Gasteiger partial charge is 0.486 e. The Hall–Kier alpha value is -3.63. The predicted octanol–water partition coefficient (Wildman–Crippen LogP) is 3.69. The van der Waals surface area contributed by atoms with Crippen molar-refractivity contribution in [2.75, 3.05) is 13.2 Å². The molecule has 4 rings (SSSR count). The van der Waals surface area contributed by atoms with E-state index in [0.717, 1.165) is 12.1 Å². The number of benzene rings is 2. The highest BCUT2D eigenvalue weighted by molar-refractivity contribution is 5.93. The van der Waals surface area contributed by atoms with Gasteiger partial charge in [0, 0.05) is 0 Å². The number of nitrogens with one attached hydrogen (secondary N) is 1. The number of hydrogen-bond donors (Lipinski definition) is 1. The van der Waals surface area contributed by atoms with Crippen LogP contribution in [0.25, 0.3) is 5.69 Å². The quantitative estimate of drug-likeness (QED) is 0.632. The molecular weight excluding hydrogens is 420 g/mol. The number of rotatable bonds is 4. The molecule has 0 saturated heterocycles. The number of nitrogens with zero attached hydrogens (tertiary/aromatic N) is 3. The first-order chi connectivity index (χ1) is 14.7. The average molecular weight is 436 g/mol. The van der Waals surface area contributed by atoms with Gasteiger partial charge in [-0.3, -0.25) is 4.79 Å². The molecule has 1 unspecified atom stereocenters. The summed E-state index contributed by atoms with van der Waals surface area (Å²) in [6, 6.07) is 8.72. The molecule has 0 aliphatic carbocycles. The van der Waals surface area contributed by atoms with Gasteiger partial charge in [0.1, 0.15) is 19.0 Å². The second-order valence-electron chi connectivity index (χ2n) is 6.77. The molecule has 2 heterocycles. The molecule has 0 bridgehead atoms. The van der Waals surface area contributed by atoms with E-state index >= 15 is 0 Å². The molecule has 1 N–H and O–H groups in total. The number of alkyl halides is 3. The summed E-state index contributed by atoms with van der Waals surface area (Å²) in [6.07, 6.45) is -4.96. The summed E-state index contributed by atoms with van der Waals surface area (Å²) in [7, 11) is 0. The lowest BCUT2D eigenvalue weighted by molar-refractivity contribution is -0.143. The van der Waals surface area contributed by atoms with Gasteiger partial charge in [0.05, 0.1) is 11.7 Å². The van der Waals surface area contributed by atoms with Crippen molar-refractivity contribution in [1.82, 2.24) is 20.3 Å². The van der Waals surface area contributed by atoms with Crippen LogP contribution in [0, 0.1) is 5.82 Å². The Balaban J connectivity index is 1.63. The van der Waals surface area contributed by atoms with Crippen LogP contribution in [-0.4, -0.2) is 34.1 Å². The summed E-state index contributed by atoms with van der Waals surface area (Å²) < 4.78 is 66.0. The van der Waals surface area contributed by atoms with Crippen LogP contribution in [0.2, 0.25) is 0 Å². The van der Waals surface area contributed by atoms with E-state index in [9.17, 15) is 22.4 Å². The number of aromatic nitrogens is 3. The smallest absolute Gasteiger partial charge is 0.435 e. The zero-order chi connectivity index (χ0) is 22.2. The van der Waals surface area contributed by atoms with Crippen molar-refractivity contribution in [3.8, 4) is 17.2 Å². The van der Waals surface area contributed by atoms with Gasteiger partial charge in [-0.15, -0.1) is 5.10 Å². The molecule has 2 aromatic carbocycles. The van der Waals surface area contributed by atoms with Gasteiger partial charge in [0.2, 0.25) is 0 Å². The fourth-order valence-corrected chi connectivity index (χ4v) is 3.16. The normalized spacial score (nSPS) is 14.2. The van der Waals surface area contributed by atoms with Gasteiger partial charge < -0.3 is 14.8 Å². The van der Waals surface area contributed by atoms with Crippen LogP contribution in [-0.2, 0) is 6.18 Å². The number of carbonyl (C=O) groups is 1. The topological polar surface area (TPSA) is 78.3 Å². The molecule has 7 nitrogen and oxygen atoms in total. The van der Waals surface area contributed by atoms with Crippen molar-refractivity contribution < 1.29 is 31.8 Å². The van der Waals surface area contributed by atoms with E-state index in [1.807, 2.05) is 0 Å². The standard InChI is InChI=1S/C20H16F4N4O3/c1-11(12-5-6-15-16(9-12)31-8-7-30-15)25-19(29)17-18(20(22,23)24)28(27-26-17)14-4-2-3-13(21)10-14/h2-6,9-11H,7-8H2,1H3,(H,25,29). The van der Waals surface area contributed by atoms with Crippen LogP contribution in [0.3, 0.4) is 0 Å².